The Morgan fingerprint density at radius 2 is 1.62 bits per heavy atom. The third-order valence-electron chi connectivity index (χ3n) is 6.33. The average Bonchev–Trinajstić information content (AvgIpc) is 3.20. The molecule has 5 nitrogen and oxygen atoms in total. The first-order chi connectivity index (χ1) is 12.7. The largest absolute Gasteiger partial charge is 0.374 e. The normalized spacial score (nSPS) is 26.1. The molecule has 1 saturated carbocycles. The number of nitrogens with one attached hydrogen (secondary N) is 2. The molecule has 2 heterocycles. The number of hydrogen-bond donors (Lipinski definition) is 2. The molecule has 2 aliphatic heterocycles. The first-order valence-corrected chi connectivity index (χ1v) is 10.1. The van der Waals surface area contributed by atoms with Gasteiger partial charge in [0.25, 0.3) is 0 Å². The second kappa shape index (κ2) is 7.78. The molecule has 1 aromatic carbocycles. The number of hydrogen-bond acceptors (Lipinski definition) is 4. The van der Waals surface area contributed by atoms with E-state index in [-0.39, 0.29) is 17.9 Å². The number of imide groups is 1. The van der Waals surface area contributed by atoms with E-state index >= 15 is 0 Å². The quantitative estimate of drug-likeness (QED) is 0.815. The van der Waals surface area contributed by atoms with Gasteiger partial charge >= 0.3 is 0 Å². The van der Waals surface area contributed by atoms with Crippen LogP contribution < -0.4 is 10.6 Å². The number of rotatable bonds is 4. The van der Waals surface area contributed by atoms with E-state index in [1.807, 2.05) is 0 Å². The van der Waals surface area contributed by atoms with E-state index in [0.717, 1.165) is 11.7 Å². The van der Waals surface area contributed by atoms with Crippen LogP contribution in [0.15, 0.2) is 24.3 Å². The Labute approximate surface area is 155 Å². The monoisotopic (exact) mass is 355 g/mol. The molecule has 3 aliphatic rings. The van der Waals surface area contributed by atoms with E-state index < -0.39 is 0 Å². The zero-order valence-electron chi connectivity index (χ0n) is 15.4. The van der Waals surface area contributed by atoms with Gasteiger partial charge in [-0.15, -0.1) is 0 Å². The van der Waals surface area contributed by atoms with Gasteiger partial charge in [0.05, 0.1) is 0 Å². The van der Waals surface area contributed by atoms with Gasteiger partial charge in [0.1, 0.15) is 6.04 Å². The minimum atomic E-state index is -0.312. The third-order valence-corrected chi connectivity index (χ3v) is 6.33. The summed E-state index contributed by atoms with van der Waals surface area (Å²) in [6, 6.07) is 9.07. The lowest BCUT2D eigenvalue weighted by molar-refractivity contribution is -0.133. The summed E-state index contributed by atoms with van der Waals surface area (Å²) in [7, 11) is 0. The van der Waals surface area contributed by atoms with Crippen molar-refractivity contribution in [2.75, 3.05) is 18.4 Å². The highest BCUT2D eigenvalue weighted by atomic mass is 16.2. The Bertz CT molecular complexity index is 644. The molecule has 1 aromatic rings. The maximum absolute atomic E-state index is 11.9. The van der Waals surface area contributed by atoms with Crippen LogP contribution in [0.5, 0.6) is 0 Å². The summed E-state index contributed by atoms with van der Waals surface area (Å²) in [6.07, 6.45) is 9.06. The average molecular weight is 355 g/mol. The molecule has 3 fully saturated rings. The zero-order chi connectivity index (χ0) is 17.9. The van der Waals surface area contributed by atoms with Crippen LogP contribution in [0.4, 0.5) is 5.69 Å². The molecular weight excluding hydrogens is 326 g/mol. The lowest BCUT2D eigenvalue weighted by Crippen LogP contribution is -2.47. The molecule has 4 rings (SSSR count). The molecule has 0 spiro atoms. The summed E-state index contributed by atoms with van der Waals surface area (Å²) < 4.78 is 0. The molecule has 2 amide bonds. The lowest BCUT2D eigenvalue weighted by atomic mass is 9.88. The van der Waals surface area contributed by atoms with Crippen molar-refractivity contribution in [2.24, 2.45) is 0 Å². The second-order valence-corrected chi connectivity index (χ2v) is 8.02. The van der Waals surface area contributed by atoms with E-state index in [2.05, 4.69) is 39.8 Å². The number of carbonyl (C=O) groups is 2. The van der Waals surface area contributed by atoms with Crippen LogP contribution in [-0.2, 0) is 9.59 Å². The fourth-order valence-corrected chi connectivity index (χ4v) is 4.75. The minimum Gasteiger partial charge on any atom is -0.374 e. The fraction of sp³-hybridized carbons (Fsp3) is 0.619. The molecular formula is C21H29N3O2. The molecule has 140 valence electrons. The molecule has 0 bridgehead atoms. The Morgan fingerprint density at radius 1 is 0.923 bits per heavy atom. The minimum absolute atomic E-state index is 0.174. The summed E-state index contributed by atoms with van der Waals surface area (Å²) in [6.45, 7) is 2.46. The van der Waals surface area contributed by atoms with E-state index in [9.17, 15) is 9.59 Å². The van der Waals surface area contributed by atoms with Crippen LogP contribution in [0.1, 0.15) is 62.8 Å². The highest BCUT2D eigenvalue weighted by molar-refractivity contribution is 6.01. The smallest absolute Gasteiger partial charge is 0.249 e. The van der Waals surface area contributed by atoms with Crippen molar-refractivity contribution in [3.05, 3.63) is 29.8 Å². The van der Waals surface area contributed by atoms with Gasteiger partial charge in [0, 0.05) is 18.2 Å². The van der Waals surface area contributed by atoms with Crippen LogP contribution in [-0.4, -0.2) is 41.9 Å². The van der Waals surface area contributed by atoms with E-state index in [1.54, 1.807) is 0 Å². The molecule has 1 unspecified atom stereocenters. The maximum Gasteiger partial charge on any atom is 0.249 e. The van der Waals surface area contributed by atoms with Gasteiger partial charge in [-0.1, -0.05) is 25.0 Å². The van der Waals surface area contributed by atoms with Crippen molar-refractivity contribution in [1.82, 2.24) is 10.2 Å². The van der Waals surface area contributed by atoms with Crippen molar-refractivity contribution in [3.8, 4) is 0 Å². The lowest BCUT2D eigenvalue weighted by Gasteiger charge is -2.36. The van der Waals surface area contributed by atoms with Gasteiger partial charge in [0.15, 0.2) is 0 Å². The van der Waals surface area contributed by atoms with E-state index in [4.69, 9.17) is 0 Å². The van der Waals surface area contributed by atoms with Crippen molar-refractivity contribution in [3.63, 3.8) is 0 Å². The number of amides is 2. The number of likely N-dealkylation sites (tertiary alicyclic amines) is 1. The van der Waals surface area contributed by atoms with Crippen LogP contribution in [0.25, 0.3) is 0 Å². The summed E-state index contributed by atoms with van der Waals surface area (Å²) in [4.78, 5) is 25.8. The van der Waals surface area contributed by atoms with Crippen molar-refractivity contribution < 1.29 is 9.59 Å². The predicted molar refractivity (Wildman–Crippen MR) is 102 cm³/mol. The first kappa shape index (κ1) is 17.5. The second-order valence-electron chi connectivity index (χ2n) is 8.02. The van der Waals surface area contributed by atoms with Gasteiger partial charge in [0.2, 0.25) is 11.8 Å². The summed E-state index contributed by atoms with van der Waals surface area (Å²) >= 11 is 0. The number of piperidine rings is 2. The van der Waals surface area contributed by atoms with Crippen molar-refractivity contribution in [2.45, 2.75) is 69.4 Å². The summed E-state index contributed by atoms with van der Waals surface area (Å²) in [5.41, 5.74) is 2.36. The van der Waals surface area contributed by atoms with E-state index in [1.165, 1.54) is 57.2 Å². The number of anilines is 1. The van der Waals surface area contributed by atoms with Gasteiger partial charge in [-0.2, -0.15) is 0 Å². The molecule has 0 radical (unpaired) electrons. The molecule has 0 aromatic heterocycles. The van der Waals surface area contributed by atoms with Gasteiger partial charge < -0.3 is 10.2 Å². The van der Waals surface area contributed by atoms with Crippen LogP contribution in [0.2, 0.25) is 0 Å². The number of carbonyl (C=O) groups excluding carboxylic acids is 2. The van der Waals surface area contributed by atoms with Crippen molar-refractivity contribution in [1.29, 1.82) is 0 Å². The van der Waals surface area contributed by atoms with Crippen LogP contribution in [0.3, 0.4) is 0 Å². The molecule has 1 aliphatic carbocycles. The highest BCUT2D eigenvalue weighted by Crippen LogP contribution is 2.33. The third kappa shape index (κ3) is 3.93. The predicted octanol–water partition coefficient (Wildman–Crippen LogP) is 3.03. The summed E-state index contributed by atoms with van der Waals surface area (Å²) in [5, 5.41) is 5.65. The Balaban J connectivity index is 1.30. The van der Waals surface area contributed by atoms with Crippen LogP contribution >= 0.6 is 0 Å². The Kier molecular flexibility index (Phi) is 5.25. The zero-order valence-corrected chi connectivity index (χ0v) is 15.4. The summed E-state index contributed by atoms with van der Waals surface area (Å²) in [5.74, 6) is 0.259. The van der Waals surface area contributed by atoms with Gasteiger partial charge in [-0.05, 0) is 68.8 Å². The molecule has 2 saturated heterocycles. The molecule has 5 heteroatoms. The highest BCUT2D eigenvalue weighted by Gasteiger charge is 2.28. The first-order valence-electron chi connectivity index (χ1n) is 10.1. The maximum atomic E-state index is 11.9. The fourth-order valence-electron chi connectivity index (χ4n) is 4.75. The molecule has 2 N–H and O–H groups in total. The Hall–Kier alpha value is -1.88. The van der Waals surface area contributed by atoms with Gasteiger partial charge in [-0.3, -0.25) is 14.9 Å². The molecule has 26 heavy (non-hydrogen) atoms. The standard InChI is InChI=1S/C21H29N3O2/c25-20-10-9-19(21(26)23-20)22-17-7-5-15(6-8-17)16-11-13-24(14-12-16)18-3-1-2-4-18/h5-8,16,18-19,22H,1-4,9-14H2,(H,23,25,26). The Morgan fingerprint density at radius 3 is 2.27 bits per heavy atom. The topological polar surface area (TPSA) is 61.4 Å². The van der Waals surface area contributed by atoms with Gasteiger partial charge in [-0.25, -0.2) is 0 Å². The van der Waals surface area contributed by atoms with Crippen molar-refractivity contribution >= 4 is 17.5 Å². The number of benzene rings is 1. The SMILES string of the molecule is O=C1CCC(Nc2ccc(C3CCN(C4CCCC4)CC3)cc2)C(=O)N1. The molecule has 1 atom stereocenters. The van der Waals surface area contributed by atoms with E-state index in [0.29, 0.717) is 18.8 Å². The number of nitrogens with zero attached hydrogens (tertiary/aromatic N) is 1. The van der Waals surface area contributed by atoms with Crippen LogP contribution in [0, 0.1) is 0 Å².